The first-order valence-corrected chi connectivity index (χ1v) is 12.7. The van der Waals surface area contributed by atoms with Crippen molar-refractivity contribution in [3.8, 4) is 33.4 Å². The van der Waals surface area contributed by atoms with Gasteiger partial charge in [-0.25, -0.2) is 0 Å². The molecule has 0 aliphatic heterocycles. The third kappa shape index (κ3) is 3.68. The first-order valence-electron chi connectivity index (χ1n) is 12.7. The van der Waals surface area contributed by atoms with Crippen LogP contribution in [0.3, 0.4) is 0 Å². The molecule has 0 saturated carbocycles. The maximum absolute atomic E-state index is 4.35. The molecule has 1 aromatic heterocycles. The van der Waals surface area contributed by atoms with Crippen LogP contribution in [0.2, 0.25) is 0 Å². The predicted molar refractivity (Wildman–Crippen MR) is 158 cm³/mol. The highest BCUT2D eigenvalue weighted by molar-refractivity contribution is 6.21. The number of fused-ring (bicyclic) bond motifs is 3. The summed E-state index contributed by atoms with van der Waals surface area (Å²) in [7, 11) is 0. The van der Waals surface area contributed by atoms with E-state index in [1.165, 1.54) is 65.7 Å². The molecule has 0 fully saturated rings. The number of aromatic nitrogens is 1. The molecule has 0 atom stereocenters. The Bertz CT molecular complexity index is 1870. The van der Waals surface area contributed by atoms with E-state index in [0.717, 1.165) is 5.69 Å². The first-order chi connectivity index (χ1) is 18.3. The van der Waals surface area contributed by atoms with Crippen molar-refractivity contribution in [3.63, 3.8) is 0 Å². The summed E-state index contributed by atoms with van der Waals surface area (Å²) in [6, 6.07) is 46.3. The Labute approximate surface area is 216 Å². The standard InChI is InChI=1S/C36H25N/c1-24-22-29(20-21-37-24)26-14-17-27(18-15-26)35-31-10-4-6-12-33(31)36(34-13-7-5-11-32(34)35)30-19-16-25-8-2-3-9-28(25)23-30/h2-23H,1H3. The lowest BCUT2D eigenvalue weighted by Gasteiger charge is -2.18. The van der Waals surface area contributed by atoms with Crippen molar-refractivity contribution in [2.24, 2.45) is 0 Å². The van der Waals surface area contributed by atoms with Gasteiger partial charge in [0.25, 0.3) is 0 Å². The monoisotopic (exact) mass is 471 g/mol. The van der Waals surface area contributed by atoms with E-state index in [4.69, 9.17) is 0 Å². The van der Waals surface area contributed by atoms with Crippen LogP contribution in [0.25, 0.3) is 65.7 Å². The zero-order chi connectivity index (χ0) is 24.8. The topological polar surface area (TPSA) is 12.9 Å². The fraction of sp³-hybridized carbons (Fsp3) is 0.0278. The minimum Gasteiger partial charge on any atom is -0.262 e. The number of hydrogen-bond donors (Lipinski definition) is 0. The van der Waals surface area contributed by atoms with Crippen LogP contribution in [-0.4, -0.2) is 4.98 Å². The van der Waals surface area contributed by atoms with Crippen LogP contribution in [-0.2, 0) is 0 Å². The largest absolute Gasteiger partial charge is 0.262 e. The number of rotatable bonds is 3. The summed E-state index contributed by atoms with van der Waals surface area (Å²) in [5.74, 6) is 0. The van der Waals surface area contributed by atoms with Crippen LogP contribution in [0, 0.1) is 6.92 Å². The predicted octanol–water partition coefficient (Wildman–Crippen LogP) is 9.85. The van der Waals surface area contributed by atoms with E-state index in [-0.39, 0.29) is 0 Å². The lowest BCUT2D eigenvalue weighted by atomic mass is 9.85. The molecule has 0 radical (unpaired) electrons. The average molecular weight is 472 g/mol. The molecule has 1 heteroatoms. The smallest absolute Gasteiger partial charge is 0.0378 e. The van der Waals surface area contributed by atoms with E-state index in [2.05, 4.69) is 132 Å². The molecule has 37 heavy (non-hydrogen) atoms. The van der Waals surface area contributed by atoms with E-state index in [0.29, 0.717) is 0 Å². The molecular weight excluding hydrogens is 446 g/mol. The maximum atomic E-state index is 4.35. The summed E-state index contributed by atoms with van der Waals surface area (Å²) in [4.78, 5) is 4.35. The molecule has 0 spiro atoms. The van der Waals surface area contributed by atoms with Gasteiger partial charge in [0.05, 0.1) is 0 Å². The third-order valence-corrected chi connectivity index (χ3v) is 7.37. The molecule has 6 aromatic carbocycles. The Morgan fingerprint density at radius 2 is 0.919 bits per heavy atom. The molecule has 7 rings (SSSR count). The fourth-order valence-electron chi connectivity index (χ4n) is 5.65. The summed E-state index contributed by atoms with van der Waals surface area (Å²) in [5.41, 5.74) is 8.49. The van der Waals surface area contributed by atoms with Crippen molar-refractivity contribution >= 4 is 32.3 Å². The van der Waals surface area contributed by atoms with E-state index < -0.39 is 0 Å². The lowest BCUT2D eigenvalue weighted by molar-refractivity contribution is 1.20. The zero-order valence-electron chi connectivity index (χ0n) is 20.6. The van der Waals surface area contributed by atoms with Gasteiger partial charge < -0.3 is 0 Å². The van der Waals surface area contributed by atoms with Crippen LogP contribution in [0.5, 0.6) is 0 Å². The van der Waals surface area contributed by atoms with Gasteiger partial charge in [0.2, 0.25) is 0 Å². The van der Waals surface area contributed by atoms with Gasteiger partial charge in [-0.15, -0.1) is 0 Å². The summed E-state index contributed by atoms with van der Waals surface area (Å²) < 4.78 is 0. The fourth-order valence-corrected chi connectivity index (χ4v) is 5.65. The van der Waals surface area contributed by atoms with Crippen LogP contribution >= 0.6 is 0 Å². The molecule has 0 aliphatic carbocycles. The second-order valence-corrected chi connectivity index (χ2v) is 9.67. The molecule has 0 saturated heterocycles. The third-order valence-electron chi connectivity index (χ3n) is 7.37. The van der Waals surface area contributed by atoms with Crippen LogP contribution in [0.15, 0.2) is 134 Å². The maximum Gasteiger partial charge on any atom is 0.0378 e. The van der Waals surface area contributed by atoms with Crippen molar-refractivity contribution < 1.29 is 0 Å². The summed E-state index contributed by atoms with van der Waals surface area (Å²) in [6.45, 7) is 2.03. The Morgan fingerprint density at radius 1 is 0.405 bits per heavy atom. The van der Waals surface area contributed by atoms with Gasteiger partial charge >= 0.3 is 0 Å². The van der Waals surface area contributed by atoms with Crippen LogP contribution < -0.4 is 0 Å². The SMILES string of the molecule is Cc1cc(-c2ccc(-c3c4ccccc4c(-c4ccc5ccccc5c4)c4ccccc34)cc2)ccn1. The average Bonchev–Trinajstić information content (AvgIpc) is 2.96. The lowest BCUT2D eigenvalue weighted by Crippen LogP contribution is -1.91. The second kappa shape index (κ2) is 8.72. The van der Waals surface area contributed by atoms with E-state index in [1.807, 2.05) is 13.1 Å². The van der Waals surface area contributed by atoms with Crippen molar-refractivity contribution in [2.75, 3.05) is 0 Å². The highest BCUT2D eigenvalue weighted by Gasteiger charge is 2.16. The molecule has 0 bridgehead atoms. The number of aryl methyl sites for hydroxylation is 1. The summed E-state index contributed by atoms with van der Waals surface area (Å²) in [5, 5.41) is 7.63. The van der Waals surface area contributed by atoms with Crippen LogP contribution in [0.1, 0.15) is 5.69 Å². The normalized spacial score (nSPS) is 11.4. The molecule has 7 aromatic rings. The van der Waals surface area contributed by atoms with Crippen LogP contribution in [0.4, 0.5) is 0 Å². The van der Waals surface area contributed by atoms with Gasteiger partial charge in [0, 0.05) is 11.9 Å². The van der Waals surface area contributed by atoms with Gasteiger partial charge in [0.15, 0.2) is 0 Å². The quantitative estimate of drug-likeness (QED) is 0.234. The van der Waals surface area contributed by atoms with Crippen molar-refractivity contribution in [3.05, 3.63) is 139 Å². The zero-order valence-corrected chi connectivity index (χ0v) is 20.6. The first kappa shape index (κ1) is 21.5. The van der Waals surface area contributed by atoms with Gasteiger partial charge in [-0.05, 0) is 90.8 Å². The van der Waals surface area contributed by atoms with Crippen molar-refractivity contribution in [1.82, 2.24) is 4.98 Å². The Morgan fingerprint density at radius 3 is 1.54 bits per heavy atom. The van der Waals surface area contributed by atoms with E-state index in [1.54, 1.807) is 0 Å². The van der Waals surface area contributed by atoms with Crippen molar-refractivity contribution in [2.45, 2.75) is 6.92 Å². The number of hydrogen-bond acceptors (Lipinski definition) is 1. The number of benzene rings is 6. The molecule has 174 valence electrons. The molecule has 1 nitrogen and oxygen atoms in total. The highest BCUT2D eigenvalue weighted by atomic mass is 14.6. The molecule has 0 unspecified atom stereocenters. The number of nitrogens with zero attached hydrogens (tertiary/aromatic N) is 1. The summed E-state index contributed by atoms with van der Waals surface area (Å²) in [6.07, 6.45) is 1.88. The van der Waals surface area contributed by atoms with E-state index in [9.17, 15) is 0 Å². The Kier molecular flexibility index (Phi) is 5.08. The number of pyridine rings is 1. The molecule has 0 N–H and O–H groups in total. The second-order valence-electron chi connectivity index (χ2n) is 9.67. The Hall–Kier alpha value is -4.75. The van der Waals surface area contributed by atoms with Gasteiger partial charge in [0.1, 0.15) is 0 Å². The van der Waals surface area contributed by atoms with Crippen molar-refractivity contribution in [1.29, 1.82) is 0 Å². The minimum atomic E-state index is 1.03. The van der Waals surface area contributed by atoms with Gasteiger partial charge in [-0.1, -0.05) is 109 Å². The molecular formula is C36H25N. The highest BCUT2D eigenvalue weighted by Crippen LogP contribution is 2.44. The van der Waals surface area contributed by atoms with Gasteiger partial charge in [-0.2, -0.15) is 0 Å². The molecule has 1 heterocycles. The summed E-state index contributed by atoms with van der Waals surface area (Å²) >= 11 is 0. The van der Waals surface area contributed by atoms with E-state index >= 15 is 0 Å². The molecule has 0 amide bonds. The van der Waals surface area contributed by atoms with Gasteiger partial charge in [-0.3, -0.25) is 4.98 Å². The molecule has 0 aliphatic rings. The Balaban J connectivity index is 1.49. The minimum absolute atomic E-state index is 1.03.